The summed E-state index contributed by atoms with van der Waals surface area (Å²) in [7, 11) is 0. The van der Waals surface area contributed by atoms with E-state index in [2.05, 4.69) is 57.8 Å². The van der Waals surface area contributed by atoms with Crippen LogP contribution in [0.2, 0.25) is 0 Å². The van der Waals surface area contributed by atoms with Gasteiger partial charge in [0.25, 0.3) is 0 Å². The van der Waals surface area contributed by atoms with Gasteiger partial charge in [0, 0.05) is 4.47 Å². The molecule has 0 fully saturated rings. The largest absolute Gasteiger partial charge is 0.299 e. The van der Waals surface area contributed by atoms with Crippen LogP contribution in [0.15, 0.2) is 16.6 Å². The number of hydrogen-bond acceptors (Lipinski definition) is 1. The molecule has 0 saturated heterocycles. The van der Waals surface area contributed by atoms with Crippen LogP contribution in [0, 0.1) is 13.8 Å². The molecular weight excluding hydrogens is 320 g/mol. The van der Waals surface area contributed by atoms with Crippen molar-refractivity contribution in [3.05, 3.63) is 33.3 Å². The second-order valence-electron chi connectivity index (χ2n) is 3.80. The maximum Gasteiger partial charge on any atom is 0.143 e. The highest BCUT2D eigenvalue weighted by atomic mass is 79.9. The zero-order valence-electron chi connectivity index (χ0n) is 9.10. The molecule has 0 N–H and O–H groups in total. The van der Waals surface area contributed by atoms with Crippen LogP contribution in [0.4, 0.5) is 0 Å². The van der Waals surface area contributed by atoms with Crippen molar-refractivity contribution in [3.63, 3.8) is 0 Å². The topological polar surface area (TPSA) is 17.1 Å². The van der Waals surface area contributed by atoms with Gasteiger partial charge in [-0.1, -0.05) is 31.9 Å². The Labute approximate surface area is 108 Å². The molecule has 1 atom stereocenters. The van der Waals surface area contributed by atoms with Gasteiger partial charge in [-0.3, -0.25) is 4.79 Å². The number of aryl methyl sites for hydroxylation is 2. The van der Waals surface area contributed by atoms with Crippen molar-refractivity contribution in [2.24, 2.45) is 0 Å². The summed E-state index contributed by atoms with van der Waals surface area (Å²) in [6.45, 7) is 5.77. The van der Waals surface area contributed by atoms with Gasteiger partial charge in [-0.15, -0.1) is 0 Å². The molecule has 0 amide bonds. The average molecular weight is 334 g/mol. The van der Waals surface area contributed by atoms with Crippen LogP contribution in [0.3, 0.4) is 0 Å². The molecule has 1 unspecified atom stereocenters. The highest BCUT2D eigenvalue weighted by Gasteiger charge is 2.13. The molecule has 82 valence electrons. The second kappa shape index (κ2) is 5.26. The lowest BCUT2D eigenvalue weighted by molar-refractivity contribution is -0.116. The van der Waals surface area contributed by atoms with Crippen molar-refractivity contribution in [1.29, 1.82) is 0 Å². The molecular formula is C12H14Br2O. The molecule has 0 saturated carbocycles. The monoisotopic (exact) mass is 332 g/mol. The molecule has 0 radical (unpaired) electrons. The summed E-state index contributed by atoms with van der Waals surface area (Å²) in [6.07, 6.45) is 0.764. The van der Waals surface area contributed by atoms with Gasteiger partial charge >= 0.3 is 0 Å². The zero-order valence-corrected chi connectivity index (χ0v) is 12.3. The first kappa shape index (κ1) is 12.9. The molecule has 0 heterocycles. The minimum Gasteiger partial charge on any atom is -0.299 e. The van der Waals surface area contributed by atoms with Crippen molar-refractivity contribution in [2.75, 3.05) is 0 Å². The third-order valence-corrected chi connectivity index (χ3v) is 3.91. The number of hydrogen-bond donors (Lipinski definition) is 0. The van der Waals surface area contributed by atoms with E-state index in [9.17, 15) is 4.79 Å². The van der Waals surface area contributed by atoms with E-state index < -0.39 is 0 Å². The summed E-state index contributed by atoms with van der Waals surface area (Å²) in [5.41, 5.74) is 3.72. The minimum absolute atomic E-state index is 0.0731. The van der Waals surface area contributed by atoms with Crippen molar-refractivity contribution in [3.8, 4) is 0 Å². The SMILES string of the molecule is CC(=O)C(Br)Cc1c(C)cc(Br)cc1C. The zero-order chi connectivity index (χ0) is 11.6. The van der Waals surface area contributed by atoms with Crippen LogP contribution in [0.25, 0.3) is 0 Å². The third kappa shape index (κ3) is 3.42. The number of rotatable bonds is 3. The van der Waals surface area contributed by atoms with Gasteiger partial charge in [-0.2, -0.15) is 0 Å². The second-order valence-corrected chi connectivity index (χ2v) is 5.82. The summed E-state index contributed by atoms with van der Waals surface area (Å²) in [6, 6.07) is 4.17. The Kier molecular flexibility index (Phi) is 4.53. The molecule has 3 heteroatoms. The van der Waals surface area contributed by atoms with Crippen LogP contribution in [-0.2, 0) is 11.2 Å². The number of carbonyl (C=O) groups is 1. The quantitative estimate of drug-likeness (QED) is 0.765. The minimum atomic E-state index is -0.0731. The Morgan fingerprint density at radius 1 is 1.33 bits per heavy atom. The molecule has 15 heavy (non-hydrogen) atoms. The van der Waals surface area contributed by atoms with E-state index in [0.717, 1.165) is 10.9 Å². The van der Waals surface area contributed by atoms with Gasteiger partial charge in [0.05, 0.1) is 4.83 Å². The highest BCUT2D eigenvalue weighted by Crippen LogP contribution is 2.23. The lowest BCUT2D eigenvalue weighted by atomic mass is 9.98. The number of carbonyl (C=O) groups excluding carboxylic acids is 1. The summed E-state index contributed by atoms with van der Waals surface area (Å²) < 4.78 is 1.09. The van der Waals surface area contributed by atoms with Crippen molar-refractivity contribution < 1.29 is 4.79 Å². The molecule has 1 aromatic carbocycles. The van der Waals surface area contributed by atoms with Gasteiger partial charge in [-0.05, 0) is 56.0 Å². The number of benzene rings is 1. The van der Waals surface area contributed by atoms with E-state index >= 15 is 0 Å². The normalized spacial score (nSPS) is 12.6. The van der Waals surface area contributed by atoms with E-state index in [1.165, 1.54) is 16.7 Å². The van der Waals surface area contributed by atoms with E-state index in [1.807, 2.05) is 0 Å². The molecule has 1 rings (SSSR count). The molecule has 1 nitrogen and oxygen atoms in total. The van der Waals surface area contributed by atoms with Crippen LogP contribution in [0.1, 0.15) is 23.6 Å². The fourth-order valence-electron chi connectivity index (χ4n) is 1.59. The Morgan fingerprint density at radius 3 is 2.20 bits per heavy atom. The first-order valence-electron chi connectivity index (χ1n) is 4.82. The summed E-state index contributed by atoms with van der Waals surface area (Å²) >= 11 is 6.87. The number of Topliss-reactive ketones (excluding diaryl/α,β-unsaturated/α-hetero) is 1. The average Bonchev–Trinajstić information content (AvgIpc) is 2.10. The maximum absolute atomic E-state index is 11.2. The highest BCUT2D eigenvalue weighted by molar-refractivity contribution is 9.10. The number of alkyl halides is 1. The van der Waals surface area contributed by atoms with Gasteiger partial charge in [0.15, 0.2) is 0 Å². The Hall–Kier alpha value is -0.150. The Morgan fingerprint density at radius 2 is 1.80 bits per heavy atom. The van der Waals surface area contributed by atoms with Crippen LogP contribution < -0.4 is 0 Å². The van der Waals surface area contributed by atoms with Crippen LogP contribution >= 0.6 is 31.9 Å². The van der Waals surface area contributed by atoms with E-state index in [0.29, 0.717) is 0 Å². The first-order valence-corrected chi connectivity index (χ1v) is 6.53. The Bertz CT molecular complexity index is 362. The standard InChI is InChI=1S/C12H14Br2O/c1-7-4-10(13)5-8(2)11(7)6-12(14)9(3)15/h4-5,12H,6H2,1-3H3. The summed E-state index contributed by atoms with van der Waals surface area (Å²) in [4.78, 5) is 11.1. The maximum atomic E-state index is 11.2. The molecule has 0 spiro atoms. The summed E-state index contributed by atoms with van der Waals surface area (Å²) in [5.74, 6) is 0.178. The fraction of sp³-hybridized carbons (Fsp3) is 0.417. The molecule has 0 aliphatic heterocycles. The van der Waals surface area contributed by atoms with E-state index in [1.54, 1.807) is 6.92 Å². The van der Waals surface area contributed by atoms with Crippen molar-refractivity contribution in [2.45, 2.75) is 32.0 Å². The smallest absolute Gasteiger partial charge is 0.143 e. The molecule has 0 aliphatic carbocycles. The Balaban J connectivity index is 3.00. The predicted octanol–water partition coefficient (Wildman–Crippen LogP) is 3.96. The van der Waals surface area contributed by atoms with Gasteiger partial charge in [0.2, 0.25) is 0 Å². The molecule has 1 aromatic rings. The van der Waals surface area contributed by atoms with Crippen molar-refractivity contribution in [1.82, 2.24) is 0 Å². The van der Waals surface area contributed by atoms with Gasteiger partial charge < -0.3 is 0 Å². The fourth-order valence-corrected chi connectivity index (χ4v) is 2.60. The van der Waals surface area contributed by atoms with E-state index in [-0.39, 0.29) is 10.6 Å². The number of ketones is 1. The van der Waals surface area contributed by atoms with Gasteiger partial charge in [0.1, 0.15) is 5.78 Å². The summed E-state index contributed by atoms with van der Waals surface area (Å²) in [5, 5.41) is 0. The number of halogens is 2. The lowest BCUT2D eigenvalue weighted by Crippen LogP contribution is -2.14. The third-order valence-electron chi connectivity index (χ3n) is 2.49. The molecule has 0 bridgehead atoms. The van der Waals surface area contributed by atoms with Crippen LogP contribution in [-0.4, -0.2) is 10.6 Å². The van der Waals surface area contributed by atoms with Crippen LogP contribution in [0.5, 0.6) is 0 Å². The first-order chi connectivity index (χ1) is 6.91. The predicted molar refractivity (Wildman–Crippen MR) is 70.7 cm³/mol. The molecule has 0 aliphatic rings. The van der Waals surface area contributed by atoms with E-state index in [4.69, 9.17) is 0 Å². The lowest BCUT2D eigenvalue weighted by Gasteiger charge is -2.13. The van der Waals surface area contributed by atoms with Crippen molar-refractivity contribution >= 4 is 37.6 Å². The molecule has 0 aromatic heterocycles. The van der Waals surface area contributed by atoms with Gasteiger partial charge in [-0.25, -0.2) is 0 Å².